The van der Waals surface area contributed by atoms with Crippen LogP contribution in [0.4, 0.5) is 0 Å². The molecule has 1 amide bonds. The third-order valence-electron chi connectivity index (χ3n) is 10.3. The fraction of sp³-hybridized carbons (Fsp3) is 0.957. The molecule has 6 nitrogen and oxygen atoms in total. The van der Waals surface area contributed by atoms with Gasteiger partial charge < -0.3 is 24.9 Å². The molecule has 0 aromatic carbocycles. The lowest BCUT2D eigenvalue weighted by Gasteiger charge is -2.21. The summed E-state index contributed by atoms with van der Waals surface area (Å²) in [5, 5.41) is 11.5. The number of nitrogens with one attached hydrogen (secondary N) is 1. The summed E-state index contributed by atoms with van der Waals surface area (Å²) in [6, 6.07) is 0. The Hall–Kier alpha value is -0.980. The molecule has 0 atom stereocenters. The zero-order chi connectivity index (χ0) is 38.9. The largest absolute Gasteiger partial charge is 0.395 e. The quantitative estimate of drug-likeness (QED) is 0.0482. The van der Waals surface area contributed by atoms with Crippen LogP contribution in [0.25, 0.3) is 0 Å². The van der Waals surface area contributed by atoms with Crippen LogP contribution in [0.15, 0.2) is 0 Å². The van der Waals surface area contributed by atoms with Gasteiger partial charge in [0.15, 0.2) is 0 Å². The lowest BCUT2D eigenvalue weighted by atomic mass is 10.0. The maximum absolute atomic E-state index is 10.3. The van der Waals surface area contributed by atoms with Crippen molar-refractivity contribution in [2.45, 2.75) is 245 Å². The Morgan fingerprint density at radius 2 is 0.808 bits per heavy atom. The minimum absolute atomic E-state index is 0.276. The molecule has 0 aliphatic heterocycles. The van der Waals surface area contributed by atoms with E-state index in [9.17, 15) is 9.90 Å². The van der Waals surface area contributed by atoms with Crippen molar-refractivity contribution >= 4 is 12.7 Å². The summed E-state index contributed by atoms with van der Waals surface area (Å²) < 4.78 is 5.61. The van der Waals surface area contributed by atoms with E-state index < -0.39 is 0 Å². The summed E-state index contributed by atoms with van der Waals surface area (Å²) in [5.74, 6) is 0. The van der Waals surface area contributed by atoms with Gasteiger partial charge in [0.05, 0.1) is 12.7 Å². The number of aliphatic hydroxyl groups is 1. The van der Waals surface area contributed by atoms with Gasteiger partial charge in [-0.25, -0.2) is 0 Å². The Balaban J connectivity index is -0.000000894. The van der Waals surface area contributed by atoms with Crippen molar-refractivity contribution in [3.8, 4) is 0 Å². The van der Waals surface area contributed by atoms with E-state index in [0.717, 1.165) is 38.8 Å². The lowest BCUT2D eigenvalue weighted by Crippen LogP contribution is -2.29. The van der Waals surface area contributed by atoms with Crippen LogP contribution in [0, 0.1) is 0 Å². The number of ether oxygens (including phenoxy) is 1. The lowest BCUT2D eigenvalue weighted by molar-refractivity contribution is -0.109. The molecule has 0 saturated carbocycles. The van der Waals surface area contributed by atoms with Gasteiger partial charge in [-0.05, 0) is 45.2 Å². The van der Waals surface area contributed by atoms with Crippen molar-refractivity contribution in [1.29, 1.82) is 0 Å². The highest BCUT2D eigenvalue weighted by Crippen LogP contribution is 2.16. The minimum Gasteiger partial charge on any atom is -0.395 e. The van der Waals surface area contributed by atoms with Gasteiger partial charge in [-0.1, -0.05) is 201 Å². The smallest absolute Gasteiger partial charge is 0.206 e. The van der Waals surface area contributed by atoms with Crippen molar-refractivity contribution in [3.63, 3.8) is 0 Å². The second-order valence-electron chi connectivity index (χ2n) is 15.3. The molecule has 314 valence electrons. The maximum atomic E-state index is 10.3. The molecule has 0 fully saturated rings. The predicted molar refractivity (Wildman–Crippen MR) is 230 cm³/mol. The Morgan fingerprint density at radius 3 is 1.10 bits per heavy atom. The predicted octanol–water partition coefficient (Wildman–Crippen LogP) is 13.2. The molecular weight excluding hydrogens is 645 g/mol. The SMILES string of the molecule is CCCCCCCCC(CCCCCCCC)OC.CCCCCCCCCCCCCCCCN(CCO)CCCCCCCC=O.CNC=O. The van der Waals surface area contributed by atoms with Gasteiger partial charge in [-0.2, -0.15) is 0 Å². The first-order valence-electron chi connectivity index (χ1n) is 23.0. The number of hydrogen-bond acceptors (Lipinski definition) is 5. The second kappa shape index (κ2) is 54.4. The number of amides is 1. The van der Waals surface area contributed by atoms with Crippen LogP contribution in [0.1, 0.15) is 239 Å². The number of unbranched alkanes of at least 4 members (excludes halogenated alkanes) is 28. The first kappa shape index (κ1) is 55.4. The Kier molecular flexibility index (Phi) is 57.9. The standard InChI is InChI=1S/C26H53NO2.C18H38O.C2H5NO/c1-2-3-4-5-6-7-8-9-10-11-12-13-16-19-22-27(24-26-29)23-20-17-14-15-18-21-25-28;1-4-6-8-10-12-14-16-18(19-3)17-15-13-11-9-7-5-2;1-3-2-4/h25,29H,2-24,26H2,1H3;18H,4-17H2,1-3H3;2H,1H3,(H,3,4). The molecular formula is C46H96N2O4. The summed E-state index contributed by atoms with van der Waals surface area (Å²) in [5.41, 5.74) is 0. The summed E-state index contributed by atoms with van der Waals surface area (Å²) in [6.07, 6.45) is 47.7. The molecule has 0 aromatic rings. The number of carbonyl (C=O) groups is 2. The van der Waals surface area contributed by atoms with Gasteiger partial charge >= 0.3 is 0 Å². The van der Waals surface area contributed by atoms with Gasteiger partial charge in [0.2, 0.25) is 6.41 Å². The van der Waals surface area contributed by atoms with Crippen LogP contribution in [-0.2, 0) is 14.3 Å². The highest BCUT2D eigenvalue weighted by molar-refractivity contribution is 5.48. The highest BCUT2D eigenvalue weighted by Gasteiger charge is 2.07. The molecule has 0 heterocycles. The van der Waals surface area contributed by atoms with E-state index >= 15 is 0 Å². The minimum atomic E-state index is 0.276. The topological polar surface area (TPSA) is 78.9 Å². The van der Waals surface area contributed by atoms with E-state index in [1.54, 1.807) is 7.05 Å². The fourth-order valence-corrected chi connectivity index (χ4v) is 6.78. The average molecular weight is 741 g/mol. The maximum Gasteiger partial charge on any atom is 0.206 e. The van der Waals surface area contributed by atoms with Crippen LogP contribution in [0.3, 0.4) is 0 Å². The van der Waals surface area contributed by atoms with Crippen molar-refractivity contribution in [3.05, 3.63) is 0 Å². The Bertz CT molecular complexity index is 605. The van der Waals surface area contributed by atoms with Crippen molar-refractivity contribution < 1.29 is 19.4 Å². The third kappa shape index (κ3) is 53.4. The van der Waals surface area contributed by atoms with Gasteiger partial charge in [-0.15, -0.1) is 0 Å². The number of carbonyl (C=O) groups excluding carboxylic acids is 2. The van der Waals surface area contributed by atoms with E-state index in [1.165, 1.54) is 205 Å². The Morgan fingerprint density at radius 1 is 0.500 bits per heavy atom. The molecule has 0 aliphatic carbocycles. The number of hydrogen-bond donors (Lipinski definition) is 2. The van der Waals surface area contributed by atoms with Gasteiger partial charge in [0.25, 0.3) is 0 Å². The van der Waals surface area contributed by atoms with Crippen LogP contribution in [0.2, 0.25) is 0 Å². The van der Waals surface area contributed by atoms with E-state index in [1.807, 2.05) is 7.11 Å². The van der Waals surface area contributed by atoms with Crippen LogP contribution in [-0.4, -0.2) is 69.2 Å². The molecule has 0 spiro atoms. The summed E-state index contributed by atoms with van der Waals surface area (Å²) in [6.45, 7) is 10.2. The van der Waals surface area contributed by atoms with E-state index in [-0.39, 0.29) is 6.61 Å². The van der Waals surface area contributed by atoms with Crippen molar-refractivity contribution in [1.82, 2.24) is 10.2 Å². The zero-order valence-electron chi connectivity index (χ0n) is 36.2. The van der Waals surface area contributed by atoms with Gasteiger partial charge in [0, 0.05) is 27.1 Å². The number of aldehydes is 1. The molecule has 6 heteroatoms. The second-order valence-corrected chi connectivity index (χ2v) is 15.3. The normalized spacial score (nSPS) is 10.9. The van der Waals surface area contributed by atoms with Crippen LogP contribution >= 0.6 is 0 Å². The summed E-state index contributed by atoms with van der Waals surface area (Å²) >= 11 is 0. The van der Waals surface area contributed by atoms with Gasteiger partial charge in [0.1, 0.15) is 6.29 Å². The monoisotopic (exact) mass is 741 g/mol. The van der Waals surface area contributed by atoms with Crippen LogP contribution < -0.4 is 5.32 Å². The Labute approximate surface area is 327 Å². The van der Waals surface area contributed by atoms with Gasteiger partial charge in [-0.3, -0.25) is 4.79 Å². The van der Waals surface area contributed by atoms with E-state index in [4.69, 9.17) is 9.53 Å². The molecule has 0 bridgehead atoms. The molecule has 0 unspecified atom stereocenters. The molecule has 0 aromatic heterocycles. The first-order valence-corrected chi connectivity index (χ1v) is 23.0. The van der Waals surface area contributed by atoms with Crippen molar-refractivity contribution in [2.24, 2.45) is 0 Å². The van der Waals surface area contributed by atoms with Crippen molar-refractivity contribution in [2.75, 3.05) is 40.4 Å². The molecule has 52 heavy (non-hydrogen) atoms. The summed E-state index contributed by atoms with van der Waals surface area (Å²) in [4.78, 5) is 21.8. The molecule has 0 radical (unpaired) electrons. The average Bonchev–Trinajstić information content (AvgIpc) is 3.16. The molecule has 2 N–H and O–H groups in total. The zero-order valence-corrected chi connectivity index (χ0v) is 36.2. The third-order valence-corrected chi connectivity index (χ3v) is 10.3. The molecule has 0 aliphatic rings. The molecule has 0 rings (SSSR count). The van der Waals surface area contributed by atoms with Crippen LogP contribution in [0.5, 0.6) is 0 Å². The number of nitrogens with zero attached hydrogens (tertiary/aromatic N) is 1. The van der Waals surface area contributed by atoms with E-state index in [0.29, 0.717) is 12.5 Å². The first-order chi connectivity index (χ1) is 25.6. The fourth-order valence-electron chi connectivity index (χ4n) is 6.78. The van der Waals surface area contributed by atoms with E-state index in [2.05, 4.69) is 31.0 Å². The number of methoxy groups -OCH3 is 1. The highest BCUT2D eigenvalue weighted by atomic mass is 16.5. The number of rotatable bonds is 41. The summed E-state index contributed by atoms with van der Waals surface area (Å²) in [7, 11) is 3.45. The number of aliphatic hydroxyl groups excluding tert-OH is 1. The molecule has 0 saturated heterocycles.